The number of halogens is 3. The van der Waals surface area contributed by atoms with E-state index in [1.807, 2.05) is 17.0 Å². The van der Waals surface area contributed by atoms with Crippen LogP contribution in [-0.4, -0.2) is 42.7 Å². The molecule has 128 valence electrons. The zero-order chi connectivity index (χ0) is 17.1. The van der Waals surface area contributed by atoms with Gasteiger partial charge in [-0.05, 0) is 29.8 Å². The molecule has 0 spiro atoms. The Morgan fingerprint density at radius 2 is 1.79 bits per heavy atom. The summed E-state index contributed by atoms with van der Waals surface area (Å²) in [5, 5.41) is 10.9. The molecule has 2 aromatic carbocycles. The number of aliphatic hydroxyl groups is 1. The van der Waals surface area contributed by atoms with E-state index in [1.165, 1.54) is 12.1 Å². The fourth-order valence-electron chi connectivity index (χ4n) is 2.97. The van der Waals surface area contributed by atoms with Gasteiger partial charge in [0.2, 0.25) is 0 Å². The quantitative estimate of drug-likeness (QED) is 0.912. The Labute approximate surface area is 145 Å². The molecular formula is C18H19ClF2N2O. The zero-order valence-electron chi connectivity index (χ0n) is 13.1. The second-order valence-electron chi connectivity index (χ2n) is 5.95. The molecule has 6 heteroatoms. The summed E-state index contributed by atoms with van der Waals surface area (Å²) in [6, 6.07) is 10.8. The van der Waals surface area contributed by atoms with E-state index in [9.17, 15) is 13.9 Å². The number of anilines is 1. The lowest BCUT2D eigenvalue weighted by Gasteiger charge is -2.37. The van der Waals surface area contributed by atoms with Crippen LogP contribution < -0.4 is 4.90 Å². The van der Waals surface area contributed by atoms with Crippen molar-refractivity contribution < 1.29 is 13.9 Å². The first-order chi connectivity index (χ1) is 11.5. The summed E-state index contributed by atoms with van der Waals surface area (Å²) in [6.45, 7) is 3.17. The second kappa shape index (κ2) is 7.47. The summed E-state index contributed by atoms with van der Waals surface area (Å²) >= 11 is 5.95. The van der Waals surface area contributed by atoms with Gasteiger partial charge >= 0.3 is 0 Å². The van der Waals surface area contributed by atoms with Crippen molar-refractivity contribution in [1.29, 1.82) is 0 Å². The van der Waals surface area contributed by atoms with E-state index < -0.39 is 17.7 Å². The molecule has 1 aliphatic heterocycles. The fraction of sp³-hybridized carbons (Fsp3) is 0.333. The van der Waals surface area contributed by atoms with Crippen molar-refractivity contribution in [1.82, 2.24) is 4.90 Å². The van der Waals surface area contributed by atoms with Crippen molar-refractivity contribution in [2.45, 2.75) is 6.10 Å². The Balaban J connectivity index is 1.57. The smallest absolute Gasteiger partial charge is 0.149 e. The molecule has 0 amide bonds. The third-order valence-electron chi connectivity index (χ3n) is 4.29. The lowest BCUT2D eigenvalue weighted by Crippen LogP contribution is -2.47. The van der Waals surface area contributed by atoms with E-state index in [0.717, 1.165) is 11.6 Å². The van der Waals surface area contributed by atoms with Crippen LogP contribution in [0, 0.1) is 11.6 Å². The molecule has 0 saturated carbocycles. The van der Waals surface area contributed by atoms with Crippen molar-refractivity contribution in [2.24, 2.45) is 0 Å². The second-order valence-corrected chi connectivity index (χ2v) is 6.39. The van der Waals surface area contributed by atoms with Gasteiger partial charge in [0.25, 0.3) is 0 Å². The van der Waals surface area contributed by atoms with Gasteiger partial charge in [0.15, 0.2) is 0 Å². The minimum Gasteiger partial charge on any atom is -0.387 e. The molecule has 2 aromatic rings. The summed E-state index contributed by atoms with van der Waals surface area (Å²) < 4.78 is 26.9. The summed E-state index contributed by atoms with van der Waals surface area (Å²) in [5.74, 6) is -1.11. The summed E-state index contributed by atoms with van der Waals surface area (Å²) in [7, 11) is 0. The number of β-amino-alcohol motifs (C(OH)–C–C–N with tert-alkyl or cyclic N) is 1. The summed E-state index contributed by atoms with van der Waals surface area (Å²) in [4.78, 5) is 4.03. The van der Waals surface area contributed by atoms with Gasteiger partial charge in [-0.25, -0.2) is 8.78 Å². The van der Waals surface area contributed by atoms with Crippen molar-refractivity contribution in [3.63, 3.8) is 0 Å². The van der Waals surface area contributed by atoms with E-state index in [4.69, 9.17) is 11.6 Å². The normalized spacial score (nSPS) is 17.1. The molecule has 1 N–H and O–H groups in total. The van der Waals surface area contributed by atoms with Gasteiger partial charge < -0.3 is 10.0 Å². The fourth-order valence-corrected chi connectivity index (χ4v) is 3.17. The zero-order valence-corrected chi connectivity index (χ0v) is 13.9. The third-order valence-corrected chi connectivity index (χ3v) is 4.52. The molecular weight excluding hydrogens is 334 g/mol. The minimum atomic E-state index is -0.613. The SMILES string of the molecule is OC(CN1CCN(c2ccc(F)cc2F)CC1)c1cccc(Cl)c1. The highest BCUT2D eigenvalue weighted by Gasteiger charge is 2.22. The lowest BCUT2D eigenvalue weighted by atomic mass is 10.1. The Morgan fingerprint density at radius 3 is 2.46 bits per heavy atom. The molecule has 0 radical (unpaired) electrons. The number of hydrogen-bond acceptors (Lipinski definition) is 3. The number of nitrogens with zero attached hydrogens (tertiary/aromatic N) is 2. The number of hydrogen-bond donors (Lipinski definition) is 1. The van der Waals surface area contributed by atoms with Crippen LogP contribution in [-0.2, 0) is 0 Å². The van der Waals surface area contributed by atoms with Crippen LogP contribution in [0.3, 0.4) is 0 Å². The van der Waals surface area contributed by atoms with Gasteiger partial charge in [0, 0.05) is 43.8 Å². The van der Waals surface area contributed by atoms with Crippen molar-refractivity contribution in [2.75, 3.05) is 37.6 Å². The maximum atomic E-state index is 13.9. The van der Waals surface area contributed by atoms with Crippen molar-refractivity contribution in [3.8, 4) is 0 Å². The Bertz CT molecular complexity index is 705. The highest BCUT2D eigenvalue weighted by Crippen LogP contribution is 2.23. The van der Waals surface area contributed by atoms with E-state index in [1.54, 1.807) is 12.1 Å². The summed E-state index contributed by atoms with van der Waals surface area (Å²) in [5.41, 5.74) is 1.21. The van der Waals surface area contributed by atoms with E-state index in [-0.39, 0.29) is 0 Å². The molecule has 1 unspecified atom stereocenters. The first-order valence-corrected chi connectivity index (χ1v) is 8.26. The summed E-state index contributed by atoms with van der Waals surface area (Å²) in [6.07, 6.45) is -0.613. The molecule has 1 fully saturated rings. The molecule has 1 heterocycles. The number of rotatable bonds is 4. The largest absolute Gasteiger partial charge is 0.387 e. The third kappa shape index (κ3) is 4.04. The molecule has 3 rings (SSSR count). The van der Waals surface area contributed by atoms with Gasteiger partial charge in [-0.1, -0.05) is 23.7 Å². The maximum absolute atomic E-state index is 13.9. The monoisotopic (exact) mass is 352 g/mol. The molecule has 1 aliphatic rings. The standard InChI is InChI=1S/C18H19ClF2N2O/c19-14-3-1-2-13(10-14)18(24)12-22-6-8-23(9-7-22)17-5-4-15(20)11-16(17)21/h1-5,10-11,18,24H,6-9,12H2. The molecule has 0 aromatic heterocycles. The number of benzene rings is 2. The minimum absolute atomic E-state index is 0.423. The molecule has 1 saturated heterocycles. The predicted octanol–water partition coefficient (Wildman–Crippen LogP) is 3.47. The maximum Gasteiger partial charge on any atom is 0.149 e. The van der Waals surface area contributed by atoms with Gasteiger partial charge in [-0.15, -0.1) is 0 Å². The van der Waals surface area contributed by atoms with Crippen molar-refractivity contribution in [3.05, 3.63) is 64.7 Å². The number of piperazine rings is 1. The molecule has 1 atom stereocenters. The van der Waals surface area contributed by atoms with Crippen LogP contribution in [0.1, 0.15) is 11.7 Å². The average Bonchev–Trinajstić information content (AvgIpc) is 2.56. The topological polar surface area (TPSA) is 26.7 Å². The highest BCUT2D eigenvalue weighted by atomic mass is 35.5. The van der Waals surface area contributed by atoms with E-state index in [2.05, 4.69) is 4.90 Å². The molecule has 24 heavy (non-hydrogen) atoms. The van der Waals surface area contributed by atoms with Gasteiger partial charge in [-0.3, -0.25) is 4.90 Å². The Hall–Kier alpha value is -1.69. The average molecular weight is 353 g/mol. The van der Waals surface area contributed by atoms with E-state index in [0.29, 0.717) is 43.4 Å². The van der Waals surface area contributed by atoms with Gasteiger partial charge in [0.05, 0.1) is 11.8 Å². The van der Waals surface area contributed by atoms with Crippen LogP contribution >= 0.6 is 11.6 Å². The van der Waals surface area contributed by atoms with Crippen LogP contribution in [0.15, 0.2) is 42.5 Å². The molecule has 0 bridgehead atoms. The van der Waals surface area contributed by atoms with Crippen LogP contribution in [0.4, 0.5) is 14.5 Å². The first kappa shape index (κ1) is 17.1. The van der Waals surface area contributed by atoms with Crippen LogP contribution in [0.2, 0.25) is 5.02 Å². The number of aliphatic hydroxyl groups excluding tert-OH is 1. The molecule has 3 nitrogen and oxygen atoms in total. The van der Waals surface area contributed by atoms with Crippen LogP contribution in [0.25, 0.3) is 0 Å². The van der Waals surface area contributed by atoms with Gasteiger partial charge in [-0.2, -0.15) is 0 Å². The molecule has 0 aliphatic carbocycles. The highest BCUT2D eigenvalue weighted by molar-refractivity contribution is 6.30. The van der Waals surface area contributed by atoms with Gasteiger partial charge in [0.1, 0.15) is 11.6 Å². The van der Waals surface area contributed by atoms with Crippen LogP contribution in [0.5, 0.6) is 0 Å². The lowest BCUT2D eigenvalue weighted by molar-refractivity contribution is 0.109. The Kier molecular flexibility index (Phi) is 5.33. The van der Waals surface area contributed by atoms with Crippen molar-refractivity contribution >= 4 is 17.3 Å². The first-order valence-electron chi connectivity index (χ1n) is 7.89. The Morgan fingerprint density at radius 1 is 1.04 bits per heavy atom. The predicted molar refractivity (Wildman–Crippen MR) is 91.4 cm³/mol. The van der Waals surface area contributed by atoms with E-state index >= 15 is 0 Å².